The number of carboxylic acids is 2. The van der Waals surface area contributed by atoms with Crippen LogP contribution in [0.25, 0.3) is 11.1 Å². The van der Waals surface area contributed by atoms with Crippen LogP contribution in [0.5, 0.6) is 11.5 Å². The number of phenolic OH excluding ortho intramolecular Hbond substituents is 2. The van der Waals surface area contributed by atoms with Gasteiger partial charge in [0.2, 0.25) is 5.60 Å². The maximum absolute atomic E-state index is 13.3. The van der Waals surface area contributed by atoms with Crippen LogP contribution in [0, 0.1) is 0 Å². The van der Waals surface area contributed by atoms with Gasteiger partial charge in [0.25, 0.3) is 11.8 Å². The summed E-state index contributed by atoms with van der Waals surface area (Å²) in [7, 11) is 0. The molecule has 0 radical (unpaired) electrons. The molecule has 2 aromatic heterocycles. The highest BCUT2D eigenvalue weighted by Gasteiger charge is 2.53. The Hall–Kier alpha value is -4.87. The predicted octanol–water partition coefficient (Wildman–Crippen LogP) is 0.432. The number of thioether (sulfide) groups is 1. The van der Waals surface area contributed by atoms with Gasteiger partial charge in [-0.1, -0.05) is 16.8 Å². The van der Waals surface area contributed by atoms with Crippen LogP contribution < -0.4 is 20.7 Å². The zero-order valence-electron chi connectivity index (χ0n) is 24.0. The average molecular weight is 689 g/mol. The van der Waals surface area contributed by atoms with E-state index in [2.05, 4.69) is 15.5 Å². The highest BCUT2D eigenvalue weighted by Crippen LogP contribution is 2.41. The third kappa shape index (κ3) is 6.16. The summed E-state index contributed by atoms with van der Waals surface area (Å²) < 4.78 is 1.68. The van der Waals surface area contributed by atoms with Gasteiger partial charge in [0, 0.05) is 34.4 Å². The minimum atomic E-state index is -1.79. The molecule has 0 unspecified atom stereocenters. The summed E-state index contributed by atoms with van der Waals surface area (Å²) in [4.78, 5) is 60.4. The number of aromatic hydroxyl groups is 2. The van der Waals surface area contributed by atoms with Crippen molar-refractivity contribution >= 4 is 69.3 Å². The molecule has 3 aromatic rings. The standard InChI is InChI=1S/C28H25ClN6O9S2/c1-28(2,26(42)43)44-33-18(15-11-46-27(30)31-15)22(38)32-19-23(39)35-20(25(40)41)13(10-45-24(19)35)9-34-7-5-12(6-8-34)14-3-4-16(36)21(37)17(14)29/h3-8,11,19,24H,9-10H2,1-2H3,(H6,30,31,32,37,38,40,41,42,43)/b33-18-/t19-,24-/m1/s1. The molecule has 4 heterocycles. The number of thiazole rings is 1. The zero-order valence-corrected chi connectivity index (χ0v) is 26.4. The molecule has 0 bridgehead atoms. The number of amides is 2. The molecule has 2 aliphatic rings. The second-order valence-corrected chi connectivity index (χ2v) is 12.9. The summed E-state index contributed by atoms with van der Waals surface area (Å²) in [5, 5.41) is 48.1. The van der Waals surface area contributed by atoms with E-state index in [1.54, 1.807) is 35.2 Å². The second-order valence-electron chi connectivity index (χ2n) is 10.6. The molecule has 240 valence electrons. The number of nitrogens with zero attached hydrogens (tertiary/aromatic N) is 4. The molecule has 18 heteroatoms. The summed E-state index contributed by atoms with van der Waals surface area (Å²) in [6, 6.07) is 5.08. The van der Waals surface area contributed by atoms with Crippen molar-refractivity contribution < 1.29 is 49.0 Å². The highest BCUT2D eigenvalue weighted by atomic mass is 35.5. The van der Waals surface area contributed by atoms with Crippen molar-refractivity contribution in [3.8, 4) is 22.6 Å². The van der Waals surface area contributed by atoms with Gasteiger partial charge in [0.05, 0.1) is 16.7 Å². The maximum atomic E-state index is 13.3. The van der Waals surface area contributed by atoms with Gasteiger partial charge in [-0.05, 0) is 31.5 Å². The summed E-state index contributed by atoms with van der Waals surface area (Å²) in [6.07, 6.45) is 3.32. The number of β-lactam (4-membered cyclic amide) rings is 1. The lowest BCUT2D eigenvalue weighted by Crippen LogP contribution is -2.71. The van der Waals surface area contributed by atoms with E-state index in [9.17, 15) is 39.6 Å². The van der Waals surface area contributed by atoms with Gasteiger partial charge in [0.1, 0.15) is 17.1 Å². The van der Waals surface area contributed by atoms with E-state index in [4.69, 9.17) is 22.2 Å². The van der Waals surface area contributed by atoms with Crippen molar-refractivity contribution in [1.29, 1.82) is 0 Å². The van der Waals surface area contributed by atoms with E-state index >= 15 is 0 Å². The van der Waals surface area contributed by atoms with E-state index in [1.807, 2.05) is 0 Å². The molecule has 2 atom stereocenters. The first-order valence-corrected chi connectivity index (χ1v) is 15.6. The molecule has 0 spiro atoms. The molecule has 0 saturated carbocycles. The topological polar surface area (TPSA) is 232 Å². The number of hydrogen-bond acceptors (Lipinski definition) is 13. The first-order valence-electron chi connectivity index (χ1n) is 13.3. The van der Waals surface area contributed by atoms with Gasteiger partial charge in [-0.2, -0.15) is 0 Å². The first kappa shape index (κ1) is 32.5. The quantitative estimate of drug-likeness (QED) is 0.0642. The Balaban J connectivity index is 1.34. The Labute approximate surface area is 273 Å². The number of rotatable bonds is 10. The van der Waals surface area contributed by atoms with Crippen molar-refractivity contribution in [2.24, 2.45) is 5.16 Å². The number of nitrogens with two attached hydrogens (primary N) is 1. The average Bonchev–Trinajstić information content (AvgIpc) is 3.44. The summed E-state index contributed by atoms with van der Waals surface area (Å²) in [6.45, 7) is 2.55. The number of pyridine rings is 1. The normalized spacial score (nSPS) is 18.1. The monoisotopic (exact) mass is 688 g/mol. The van der Waals surface area contributed by atoms with Crippen LogP contribution in [0.4, 0.5) is 5.13 Å². The second kappa shape index (κ2) is 12.5. The van der Waals surface area contributed by atoms with Crippen molar-refractivity contribution in [2.75, 3.05) is 11.5 Å². The van der Waals surface area contributed by atoms with E-state index in [1.165, 1.54) is 37.1 Å². The van der Waals surface area contributed by atoms with E-state index in [-0.39, 0.29) is 39.6 Å². The number of hydrogen-bond donors (Lipinski definition) is 5. The van der Waals surface area contributed by atoms with Crippen LogP contribution in [0.1, 0.15) is 19.5 Å². The molecule has 1 saturated heterocycles. The van der Waals surface area contributed by atoms with Crippen LogP contribution in [-0.2, 0) is 30.6 Å². The molecule has 2 aliphatic heterocycles. The van der Waals surface area contributed by atoms with Crippen LogP contribution >= 0.6 is 34.7 Å². The number of halogens is 1. The fraction of sp³-hybridized carbons (Fsp3) is 0.250. The Kier molecular flexibility index (Phi) is 8.83. The largest absolute Gasteiger partial charge is 0.543 e. The molecule has 2 amide bonds. The Morgan fingerprint density at radius 1 is 1.26 bits per heavy atom. The number of carbonyl (C=O) groups is 4. The molecule has 5 rings (SSSR count). The Bertz CT molecular complexity index is 1830. The summed E-state index contributed by atoms with van der Waals surface area (Å²) >= 11 is 8.40. The SMILES string of the molecule is CC(C)(O/N=C(\C(=O)N[C@@H]1C(=O)N2C(C(=O)[O-])=C(C[n+]3ccc(-c4ccc(O)c(O)c4Cl)cc3)CS[C@H]12)c1csc(N)n1)C(=O)O. The third-order valence-electron chi connectivity index (χ3n) is 7.06. The van der Waals surface area contributed by atoms with Crippen LogP contribution in [0.3, 0.4) is 0 Å². The number of carboxylic acid groups (broad SMARTS) is 2. The van der Waals surface area contributed by atoms with Crippen molar-refractivity contribution in [3.05, 3.63) is 64.0 Å². The minimum Gasteiger partial charge on any atom is -0.543 e. The Morgan fingerprint density at radius 2 is 1.96 bits per heavy atom. The van der Waals surface area contributed by atoms with Crippen molar-refractivity contribution in [3.63, 3.8) is 0 Å². The summed E-state index contributed by atoms with van der Waals surface area (Å²) in [5.41, 5.74) is 4.64. The van der Waals surface area contributed by atoms with E-state index in [0.29, 0.717) is 16.7 Å². The number of oxime groups is 1. The third-order valence-corrected chi connectivity index (χ3v) is 9.45. The highest BCUT2D eigenvalue weighted by molar-refractivity contribution is 8.00. The molecular formula is C28H25ClN6O9S2. The smallest absolute Gasteiger partial charge is 0.350 e. The maximum Gasteiger partial charge on any atom is 0.350 e. The minimum absolute atomic E-state index is 0.00810. The number of benzene rings is 1. The number of fused-ring (bicyclic) bond motifs is 1. The van der Waals surface area contributed by atoms with Gasteiger partial charge in [-0.25, -0.2) is 14.3 Å². The molecule has 6 N–H and O–H groups in total. The van der Waals surface area contributed by atoms with E-state index in [0.717, 1.165) is 16.2 Å². The number of nitrogens with one attached hydrogen (secondary N) is 1. The van der Waals surface area contributed by atoms with Crippen LogP contribution in [-0.4, -0.2) is 77.4 Å². The van der Waals surface area contributed by atoms with Crippen molar-refractivity contribution in [2.45, 2.75) is 37.4 Å². The lowest BCUT2D eigenvalue weighted by atomic mass is 10.0. The van der Waals surface area contributed by atoms with Crippen molar-refractivity contribution in [1.82, 2.24) is 15.2 Å². The van der Waals surface area contributed by atoms with Gasteiger partial charge in [-0.15, -0.1) is 23.1 Å². The zero-order chi connectivity index (χ0) is 33.5. The number of carbonyl (C=O) groups excluding carboxylic acids is 3. The fourth-order valence-corrected chi connectivity index (χ4v) is 6.69. The Morgan fingerprint density at radius 3 is 2.57 bits per heavy atom. The number of aromatic nitrogens is 2. The number of aliphatic carboxylic acids is 2. The van der Waals surface area contributed by atoms with Crippen LogP contribution in [0.2, 0.25) is 5.02 Å². The van der Waals surface area contributed by atoms with Crippen LogP contribution in [0.15, 0.2) is 58.5 Å². The molecule has 46 heavy (non-hydrogen) atoms. The summed E-state index contributed by atoms with van der Waals surface area (Å²) in [5.74, 6) is -5.13. The molecule has 1 fully saturated rings. The lowest BCUT2D eigenvalue weighted by Gasteiger charge is -2.50. The lowest BCUT2D eigenvalue weighted by molar-refractivity contribution is -0.689. The van der Waals surface area contributed by atoms with Gasteiger partial charge >= 0.3 is 5.97 Å². The molecule has 15 nitrogen and oxygen atoms in total. The van der Waals surface area contributed by atoms with Gasteiger partial charge < -0.3 is 41.1 Å². The molecular weight excluding hydrogens is 664 g/mol. The predicted molar refractivity (Wildman–Crippen MR) is 163 cm³/mol. The first-order chi connectivity index (χ1) is 21.7. The fourth-order valence-electron chi connectivity index (χ4n) is 4.54. The number of phenols is 2. The number of anilines is 1. The number of nitrogen functional groups attached to an aromatic ring is 1. The molecule has 0 aliphatic carbocycles. The van der Waals surface area contributed by atoms with Gasteiger partial charge in [-0.3, -0.25) is 14.5 Å². The molecule has 1 aromatic carbocycles. The van der Waals surface area contributed by atoms with E-state index < -0.39 is 52.2 Å². The van der Waals surface area contributed by atoms with Gasteiger partial charge in [0.15, 0.2) is 41.3 Å².